The minimum atomic E-state index is 0.315. The van der Waals surface area contributed by atoms with E-state index in [4.69, 9.17) is 26.3 Å². The Hall–Kier alpha value is -3.90. The minimum absolute atomic E-state index is 0.315. The van der Waals surface area contributed by atoms with E-state index in [0.717, 1.165) is 69.1 Å². The zero-order valence-corrected chi connectivity index (χ0v) is 22.4. The SMILES string of the molecule is COc1ccc2nc3cc(Nc4ccc(C)nc4)/c(=N/C4CCCCC4)cc-3n(-c3ccc(Cl)cc3)c2c1. The van der Waals surface area contributed by atoms with Crippen molar-refractivity contribution in [3.8, 4) is 22.8 Å². The number of pyridine rings is 1. The van der Waals surface area contributed by atoms with Crippen LogP contribution in [0.25, 0.3) is 28.1 Å². The number of rotatable bonds is 5. The highest BCUT2D eigenvalue weighted by molar-refractivity contribution is 6.30. The van der Waals surface area contributed by atoms with Gasteiger partial charge in [-0.1, -0.05) is 30.9 Å². The molecule has 0 atom stereocenters. The summed E-state index contributed by atoms with van der Waals surface area (Å²) in [4.78, 5) is 14.8. The van der Waals surface area contributed by atoms with Crippen molar-refractivity contribution in [2.75, 3.05) is 12.4 Å². The van der Waals surface area contributed by atoms with E-state index in [1.807, 2.05) is 67.7 Å². The zero-order chi connectivity index (χ0) is 26.1. The lowest BCUT2D eigenvalue weighted by atomic mass is 9.96. The normalized spacial score (nSPS) is 14.8. The van der Waals surface area contributed by atoms with Crippen molar-refractivity contribution in [2.45, 2.75) is 45.1 Å². The minimum Gasteiger partial charge on any atom is -0.497 e. The molecule has 0 amide bonds. The lowest BCUT2D eigenvalue weighted by molar-refractivity contribution is 0.415. The molecule has 192 valence electrons. The van der Waals surface area contributed by atoms with E-state index in [-0.39, 0.29) is 0 Å². The molecule has 0 spiro atoms. The van der Waals surface area contributed by atoms with Gasteiger partial charge in [0.25, 0.3) is 0 Å². The standard InChI is InChI=1S/C31H30ClN5O/c1-20-8-11-23(19-33-20)35-27-17-29-31(18-28(27)34-22-6-4-3-5-7-22)37(24-12-9-21(32)10-13-24)30-16-25(38-2)14-15-26(30)36-29/h8-19,22,35H,3-7H2,1-2H3/b34-28+. The molecule has 6 nitrogen and oxygen atoms in total. The van der Waals surface area contributed by atoms with Crippen LogP contribution < -0.4 is 15.4 Å². The number of nitrogens with one attached hydrogen (secondary N) is 1. The lowest BCUT2D eigenvalue weighted by Crippen LogP contribution is -2.19. The summed E-state index contributed by atoms with van der Waals surface area (Å²) >= 11 is 6.25. The Balaban J connectivity index is 1.63. The van der Waals surface area contributed by atoms with Crippen LogP contribution in [0.3, 0.4) is 0 Å². The predicted molar refractivity (Wildman–Crippen MR) is 154 cm³/mol. The molecule has 1 N–H and O–H groups in total. The number of hydrogen-bond donors (Lipinski definition) is 1. The second-order valence-corrected chi connectivity index (χ2v) is 10.3. The first-order valence-electron chi connectivity index (χ1n) is 13.1. The quantitative estimate of drug-likeness (QED) is 0.243. The van der Waals surface area contributed by atoms with Gasteiger partial charge in [-0.2, -0.15) is 0 Å². The van der Waals surface area contributed by atoms with E-state index in [1.54, 1.807) is 7.11 Å². The Bertz CT molecular complexity index is 1620. The Kier molecular flexibility index (Phi) is 6.73. The molecule has 2 aromatic carbocycles. The molecule has 1 aliphatic heterocycles. The highest BCUT2D eigenvalue weighted by atomic mass is 35.5. The van der Waals surface area contributed by atoms with Gasteiger partial charge in [0, 0.05) is 22.5 Å². The Labute approximate surface area is 227 Å². The van der Waals surface area contributed by atoms with Crippen molar-refractivity contribution in [3.63, 3.8) is 0 Å². The number of methoxy groups -OCH3 is 1. The molecule has 7 heteroatoms. The third-order valence-electron chi connectivity index (χ3n) is 7.17. The molecule has 0 saturated heterocycles. The second kappa shape index (κ2) is 10.5. The average Bonchev–Trinajstić information content (AvgIpc) is 2.94. The summed E-state index contributed by atoms with van der Waals surface area (Å²) in [5.41, 5.74) is 7.47. The van der Waals surface area contributed by atoms with Gasteiger partial charge in [-0.15, -0.1) is 0 Å². The van der Waals surface area contributed by atoms with Crippen LogP contribution in [0.5, 0.6) is 5.75 Å². The zero-order valence-electron chi connectivity index (χ0n) is 21.6. The van der Waals surface area contributed by atoms with Gasteiger partial charge in [0.15, 0.2) is 0 Å². The Morgan fingerprint density at radius 2 is 1.79 bits per heavy atom. The van der Waals surface area contributed by atoms with Crippen molar-refractivity contribution in [2.24, 2.45) is 4.99 Å². The number of fused-ring (bicyclic) bond motifs is 2. The van der Waals surface area contributed by atoms with Crippen LogP contribution in [0.15, 0.2) is 77.9 Å². The molecule has 3 aliphatic rings. The smallest absolute Gasteiger partial charge is 0.121 e. The molecule has 2 aliphatic carbocycles. The second-order valence-electron chi connectivity index (χ2n) is 9.87. The molecular formula is C31H30ClN5O. The highest BCUT2D eigenvalue weighted by Gasteiger charge is 2.19. The first-order valence-corrected chi connectivity index (χ1v) is 13.5. The van der Waals surface area contributed by atoms with E-state index in [9.17, 15) is 0 Å². The Morgan fingerprint density at radius 3 is 2.53 bits per heavy atom. The fourth-order valence-corrected chi connectivity index (χ4v) is 5.30. The molecule has 0 unspecified atom stereocenters. The topological polar surface area (TPSA) is 64.3 Å². The number of aromatic nitrogens is 3. The van der Waals surface area contributed by atoms with Crippen LogP contribution in [-0.4, -0.2) is 27.7 Å². The third kappa shape index (κ3) is 4.96. The molecule has 3 aromatic rings. The molecule has 1 aromatic heterocycles. The van der Waals surface area contributed by atoms with Crippen LogP contribution in [0.1, 0.15) is 37.8 Å². The van der Waals surface area contributed by atoms with Gasteiger partial charge in [0.2, 0.25) is 0 Å². The van der Waals surface area contributed by atoms with Crippen molar-refractivity contribution in [3.05, 3.63) is 89.0 Å². The largest absolute Gasteiger partial charge is 0.497 e. The summed E-state index contributed by atoms with van der Waals surface area (Å²) in [6, 6.07) is 22.5. The number of benzene rings is 3. The van der Waals surface area contributed by atoms with E-state index < -0.39 is 0 Å². The lowest BCUT2D eigenvalue weighted by Gasteiger charge is -2.22. The van der Waals surface area contributed by atoms with Crippen molar-refractivity contribution in [1.82, 2.24) is 14.5 Å². The highest BCUT2D eigenvalue weighted by Crippen LogP contribution is 2.32. The van der Waals surface area contributed by atoms with Gasteiger partial charge in [-0.3, -0.25) is 9.98 Å². The first kappa shape index (κ1) is 24.4. The van der Waals surface area contributed by atoms with Gasteiger partial charge < -0.3 is 14.6 Å². The number of nitrogens with zero attached hydrogens (tertiary/aromatic N) is 4. The van der Waals surface area contributed by atoms with Gasteiger partial charge >= 0.3 is 0 Å². The fraction of sp³-hybridized carbons (Fsp3) is 0.258. The van der Waals surface area contributed by atoms with Crippen LogP contribution in [-0.2, 0) is 0 Å². The molecule has 1 saturated carbocycles. The molecule has 0 radical (unpaired) electrons. The maximum atomic E-state index is 6.25. The van der Waals surface area contributed by atoms with E-state index in [0.29, 0.717) is 11.1 Å². The maximum Gasteiger partial charge on any atom is 0.121 e. The average molecular weight is 524 g/mol. The summed E-state index contributed by atoms with van der Waals surface area (Å²) in [5.74, 6) is 0.777. The van der Waals surface area contributed by atoms with Crippen LogP contribution in [0.4, 0.5) is 11.4 Å². The summed E-state index contributed by atoms with van der Waals surface area (Å²) < 4.78 is 7.78. The third-order valence-corrected chi connectivity index (χ3v) is 7.42. The number of aryl methyl sites for hydroxylation is 1. The van der Waals surface area contributed by atoms with Crippen LogP contribution >= 0.6 is 11.6 Å². The summed E-state index contributed by atoms with van der Waals surface area (Å²) in [5, 5.41) is 5.19. The maximum absolute atomic E-state index is 6.25. The predicted octanol–water partition coefficient (Wildman–Crippen LogP) is 7.47. The van der Waals surface area contributed by atoms with E-state index in [2.05, 4.69) is 27.0 Å². The first-order chi connectivity index (χ1) is 18.6. The van der Waals surface area contributed by atoms with Crippen molar-refractivity contribution in [1.29, 1.82) is 0 Å². The molecular weight excluding hydrogens is 494 g/mol. The van der Waals surface area contributed by atoms with Gasteiger partial charge in [0.05, 0.1) is 58.5 Å². The molecule has 6 rings (SSSR count). The molecule has 0 bridgehead atoms. The molecule has 38 heavy (non-hydrogen) atoms. The number of hydrogen-bond acceptors (Lipinski definition) is 5. The number of ether oxygens (including phenoxy) is 1. The van der Waals surface area contributed by atoms with Gasteiger partial charge in [-0.05, 0) is 80.4 Å². The molecule has 1 fully saturated rings. The van der Waals surface area contributed by atoms with Crippen molar-refractivity contribution >= 4 is 34.0 Å². The number of halogens is 1. The van der Waals surface area contributed by atoms with Crippen LogP contribution in [0.2, 0.25) is 5.02 Å². The summed E-state index contributed by atoms with van der Waals surface area (Å²) in [6.45, 7) is 1.99. The van der Waals surface area contributed by atoms with E-state index in [1.165, 1.54) is 19.3 Å². The Morgan fingerprint density at radius 1 is 0.974 bits per heavy atom. The summed E-state index contributed by atoms with van der Waals surface area (Å²) in [6.07, 6.45) is 7.84. The van der Waals surface area contributed by atoms with Gasteiger partial charge in [0.1, 0.15) is 5.75 Å². The number of anilines is 2. The van der Waals surface area contributed by atoms with Gasteiger partial charge in [-0.25, -0.2) is 4.98 Å². The van der Waals surface area contributed by atoms with Crippen molar-refractivity contribution < 1.29 is 4.74 Å². The van der Waals surface area contributed by atoms with Crippen LogP contribution in [0, 0.1) is 6.92 Å². The van der Waals surface area contributed by atoms with E-state index >= 15 is 0 Å². The summed E-state index contributed by atoms with van der Waals surface area (Å²) in [7, 11) is 1.68. The monoisotopic (exact) mass is 523 g/mol. The molecule has 2 heterocycles. The fourth-order valence-electron chi connectivity index (χ4n) is 5.18.